The second-order valence-electron chi connectivity index (χ2n) is 2.64. The van der Waals surface area contributed by atoms with Crippen molar-refractivity contribution < 1.29 is 0 Å². The number of hydrogen-bond acceptors (Lipinski definition) is 6. The third kappa shape index (κ3) is 1.77. The van der Waals surface area contributed by atoms with Gasteiger partial charge < -0.3 is 5.32 Å². The van der Waals surface area contributed by atoms with Crippen molar-refractivity contribution in [2.24, 2.45) is 0 Å². The number of nitrogens with zero attached hydrogens (tertiary/aromatic N) is 5. The highest BCUT2D eigenvalue weighted by Crippen LogP contribution is 2.07. The van der Waals surface area contributed by atoms with Gasteiger partial charge in [-0.15, -0.1) is 5.10 Å². The Hall–Kier alpha value is -1.37. The Morgan fingerprint density at radius 3 is 3.36 bits per heavy atom. The van der Waals surface area contributed by atoms with E-state index in [4.69, 9.17) is 0 Å². The molecule has 0 spiro atoms. The topological polar surface area (TPSA) is 68.0 Å². The Morgan fingerprint density at radius 1 is 1.57 bits per heavy atom. The van der Waals surface area contributed by atoms with Crippen LogP contribution < -0.4 is 5.32 Å². The van der Waals surface area contributed by atoms with Crippen molar-refractivity contribution in [2.45, 2.75) is 0 Å². The molecule has 2 heterocycles. The predicted octanol–water partition coefficient (Wildman–Crippen LogP) is 0.294. The van der Waals surface area contributed by atoms with E-state index in [0.29, 0.717) is 5.65 Å². The molecule has 0 aliphatic heterocycles. The highest BCUT2D eigenvalue weighted by atomic mass is 32.2. The minimum atomic E-state index is 0.661. The third-order valence-corrected chi connectivity index (χ3v) is 2.33. The number of rotatable bonds is 4. The Labute approximate surface area is 85.1 Å². The lowest BCUT2D eigenvalue weighted by Crippen LogP contribution is -2.07. The van der Waals surface area contributed by atoms with Gasteiger partial charge in [0.05, 0.1) is 6.20 Å². The number of thioether (sulfide) groups is 1. The zero-order chi connectivity index (χ0) is 9.80. The fraction of sp³-hybridized carbons (Fsp3) is 0.429. The molecule has 0 bridgehead atoms. The lowest BCUT2D eigenvalue weighted by molar-refractivity contribution is 0.820. The first-order chi connectivity index (χ1) is 6.92. The summed E-state index contributed by atoms with van der Waals surface area (Å²) in [5.41, 5.74) is 0.661. The first kappa shape index (κ1) is 9.20. The van der Waals surface area contributed by atoms with Crippen LogP contribution in [0.25, 0.3) is 5.65 Å². The zero-order valence-electron chi connectivity index (χ0n) is 7.71. The van der Waals surface area contributed by atoms with E-state index in [1.807, 2.05) is 0 Å². The molecular weight excluding hydrogens is 200 g/mol. The molecule has 0 saturated carbocycles. The van der Waals surface area contributed by atoms with E-state index < -0.39 is 0 Å². The summed E-state index contributed by atoms with van der Waals surface area (Å²) in [5.74, 6) is 1.76. The lowest BCUT2D eigenvalue weighted by atomic mass is 10.6. The van der Waals surface area contributed by atoms with E-state index in [9.17, 15) is 0 Å². The molecule has 0 aliphatic rings. The molecule has 0 aromatic carbocycles. The van der Waals surface area contributed by atoms with Gasteiger partial charge in [0.2, 0.25) is 5.65 Å². The maximum Gasteiger partial charge on any atom is 0.221 e. The fourth-order valence-corrected chi connectivity index (χ4v) is 1.38. The van der Waals surface area contributed by atoms with E-state index in [-0.39, 0.29) is 0 Å². The van der Waals surface area contributed by atoms with Gasteiger partial charge in [-0.25, -0.2) is 4.98 Å². The average molecular weight is 210 g/mol. The van der Waals surface area contributed by atoms with Crippen molar-refractivity contribution in [3.05, 3.63) is 12.4 Å². The molecule has 7 heteroatoms. The number of nitrogens with one attached hydrogen (secondary N) is 1. The predicted molar refractivity (Wildman–Crippen MR) is 55.4 cm³/mol. The maximum absolute atomic E-state index is 4.17. The molecule has 0 fully saturated rings. The van der Waals surface area contributed by atoms with E-state index in [1.54, 1.807) is 28.7 Å². The molecule has 0 atom stereocenters. The van der Waals surface area contributed by atoms with Crippen LogP contribution >= 0.6 is 11.8 Å². The van der Waals surface area contributed by atoms with Crippen LogP contribution in [0.2, 0.25) is 0 Å². The molecule has 0 aliphatic carbocycles. The largest absolute Gasteiger partial charge is 0.366 e. The molecule has 0 amide bonds. The lowest BCUT2D eigenvalue weighted by Gasteiger charge is -2.03. The van der Waals surface area contributed by atoms with Crippen molar-refractivity contribution in [3.63, 3.8) is 0 Å². The normalized spacial score (nSPS) is 10.6. The van der Waals surface area contributed by atoms with Crippen molar-refractivity contribution in [1.29, 1.82) is 0 Å². The Kier molecular flexibility index (Phi) is 2.78. The molecule has 14 heavy (non-hydrogen) atoms. The molecule has 2 rings (SSSR count). The summed E-state index contributed by atoms with van der Waals surface area (Å²) < 4.78 is 1.59. The van der Waals surface area contributed by atoms with E-state index >= 15 is 0 Å². The van der Waals surface area contributed by atoms with Gasteiger partial charge in [-0.2, -0.15) is 16.3 Å². The first-order valence-corrected chi connectivity index (χ1v) is 5.56. The molecular formula is C7H10N6S. The summed E-state index contributed by atoms with van der Waals surface area (Å²) in [6, 6.07) is 0. The SMILES string of the molecule is CSCCNc1nccn2nnnc12. The van der Waals surface area contributed by atoms with Crippen LogP contribution in [0.15, 0.2) is 12.4 Å². The first-order valence-electron chi connectivity index (χ1n) is 4.17. The summed E-state index contributed by atoms with van der Waals surface area (Å²) in [6.45, 7) is 0.862. The van der Waals surface area contributed by atoms with Gasteiger partial charge in [0.15, 0.2) is 5.82 Å². The molecule has 74 valence electrons. The monoisotopic (exact) mass is 210 g/mol. The van der Waals surface area contributed by atoms with Crippen LogP contribution in [0.5, 0.6) is 0 Å². The van der Waals surface area contributed by atoms with Crippen molar-refractivity contribution in [3.8, 4) is 0 Å². The second kappa shape index (κ2) is 4.23. The summed E-state index contributed by atoms with van der Waals surface area (Å²) in [6.07, 6.45) is 5.45. The minimum absolute atomic E-state index is 0.661. The smallest absolute Gasteiger partial charge is 0.221 e. The molecule has 0 saturated heterocycles. The molecule has 1 N–H and O–H groups in total. The summed E-state index contributed by atoms with van der Waals surface area (Å²) in [7, 11) is 0. The third-order valence-electron chi connectivity index (χ3n) is 1.71. The quantitative estimate of drug-likeness (QED) is 0.732. The molecule has 0 unspecified atom stereocenters. The molecule has 6 nitrogen and oxygen atoms in total. The van der Waals surface area contributed by atoms with Crippen LogP contribution in [0.1, 0.15) is 0 Å². The Balaban J connectivity index is 2.19. The number of hydrogen-bond donors (Lipinski definition) is 1. The van der Waals surface area contributed by atoms with Gasteiger partial charge >= 0.3 is 0 Å². The van der Waals surface area contributed by atoms with Crippen LogP contribution in [0, 0.1) is 0 Å². The van der Waals surface area contributed by atoms with Gasteiger partial charge in [0.25, 0.3) is 0 Å². The summed E-state index contributed by atoms with van der Waals surface area (Å²) in [5, 5.41) is 14.4. The molecule has 2 aromatic heterocycles. The van der Waals surface area contributed by atoms with Crippen LogP contribution in [-0.2, 0) is 0 Å². The van der Waals surface area contributed by atoms with Gasteiger partial charge in [-0.3, -0.25) is 0 Å². The van der Waals surface area contributed by atoms with E-state index in [1.165, 1.54) is 0 Å². The summed E-state index contributed by atoms with van der Waals surface area (Å²) in [4.78, 5) is 4.17. The minimum Gasteiger partial charge on any atom is -0.366 e. The van der Waals surface area contributed by atoms with Crippen molar-refractivity contribution in [2.75, 3.05) is 23.9 Å². The maximum atomic E-state index is 4.17. The van der Waals surface area contributed by atoms with Gasteiger partial charge in [-0.1, -0.05) is 0 Å². The van der Waals surface area contributed by atoms with Crippen molar-refractivity contribution in [1.82, 2.24) is 25.0 Å². The Morgan fingerprint density at radius 2 is 2.50 bits per heavy atom. The van der Waals surface area contributed by atoms with Crippen LogP contribution in [0.4, 0.5) is 5.82 Å². The molecule has 2 aromatic rings. The highest BCUT2D eigenvalue weighted by Gasteiger charge is 2.03. The Bertz CT molecular complexity index is 413. The van der Waals surface area contributed by atoms with Gasteiger partial charge in [-0.05, 0) is 16.7 Å². The second-order valence-corrected chi connectivity index (χ2v) is 3.63. The number of anilines is 1. The van der Waals surface area contributed by atoms with Crippen LogP contribution in [-0.4, -0.2) is 43.6 Å². The molecule has 0 radical (unpaired) electrons. The van der Waals surface area contributed by atoms with E-state index in [0.717, 1.165) is 18.1 Å². The van der Waals surface area contributed by atoms with Crippen LogP contribution in [0.3, 0.4) is 0 Å². The highest BCUT2D eigenvalue weighted by molar-refractivity contribution is 7.98. The number of aromatic nitrogens is 5. The van der Waals surface area contributed by atoms with Crippen molar-refractivity contribution >= 4 is 23.2 Å². The van der Waals surface area contributed by atoms with E-state index in [2.05, 4.69) is 32.1 Å². The number of tetrazole rings is 1. The standard InChI is InChI=1S/C7H10N6S/c1-14-5-3-9-6-7-10-11-12-13(7)4-2-8-6/h2,4H,3,5H2,1H3,(H,8,9). The zero-order valence-corrected chi connectivity index (χ0v) is 8.53. The summed E-state index contributed by atoms with van der Waals surface area (Å²) >= 11 is 1.78. The fourth-order valence-electron chi connectivity index (χ4n) is 1.07. The average Bonchev–Trinajstić information content (AvgIpc) is 2.67. The van der Waals surface area contributed by atoms with Gasteiger partial charge in [0.1, 0.15) is 0 Å². The number of fused-ring (bicyclic) bond motifs is 1. The van der Waals surface area contributed by atoms with Gasteiger partial charge in [0, 0.05) is 18.5 Å².